The first-order chi connectivity index (χ1) is 18.0. The maximum Gasteiger partial charge on any atom is 0.344 e. The zero-order valence-corrected chi connectivity index (χ0v) is 22.0. The number of carbonyl (C=O) groups is 1. The van der Waals surface area contributed by atoms with Gasteiger partial charge in [-0.2, -0.15) is 0 Å². The molecule has 0 aliphatic carbocycles. The van der Waals surface area contributed by atoms with Crippen molar-refractivity contribution in [3.63, 3.8) is 0 Å². The SMILES string of the molecule is CCOc1cc(/C=c2\sc3nc4ccccc4n3c2=O)cc(Br)c1OC(=O)c1cccc2ccccc12. The Morgan fingerprint density at radius 1 is 1.05 bits per heavy atom. The molecule has 0 saturated heterocycles. The second-order valence-corrected chi connectivity index (χ2v) is 10.2. The highest BCUT2D eigenvalue weighted by Crippen LogP contribution is 2.38. The molecule has 0 saturated carbocycles. The van der Waals surface area contributed by atoms with Crippen LogP contribution < -0.4 is 19.6 Å². The predicted octanol–water partition coefficient (Wildman–Crippen LogP) is 5.99. The number of esters is 1. The van der Waals surface area contributed by atoms with Crippen molar-refractivity contribution >= 4 is 66.1 Å². The summed E-state index contributed by atoms with van der Waals surface area (Å²) in [6.07, 6.45) is 1.79. The van der Waals surface area contributed by atoms with Gasteiger partial charge in [0.2, 0.25) is 0 Å². The van der Waals surface area contributed by atoms with E-state index in [0.717, 1.165) is 27.4 Å². The van der Waals surface area contributed by atoms with E-state index in [9.17, 15) is 9.59 Å². The molecule has 0 radical (unpaired) electrons. The van der Waals surface area contributed by atoms with Gasteiger partial charge in [0.25, 0.3) is 5.56 Å². The lowest BCUT2D eigenvalue weighted by molar-refractivity contribution is 0.0729. The summed E-state index contributed by atoms with van der Waals surface area (Å²) < 4.78 is 14.4. The van der Waals surface area contributed by atoms with Gasteiger partial charge < -0.3 is 9.47 Å². The first-order valence-corrected chi connectivity index (χ1v) is 13.2. The number of halogens is 1. The second kappa shape index (κ2) is 9.46. The van der Waals surface area contributed by atoms with E-state index >= 15 is 0 Å². The van der Waals surface area contributed by atoms with Gasteiger partial charge in [-0.15, -0.1) is 0 Å². The van der Waals surface area contributed by atoms with Crippen molar-refractivity contribution in [1.29, 1.82) is 0 Å². The Hall–Kier alpha value is -4.01. The van der Waals surface area contributed by atoms with Crippen LogP contribution in [0.2, 0.25) is 0 Å². The molecule has 0 atom stereocenters. The Morgan fingerprint density at radius 2 is 1.84 bits per heavy atom. The second-order valence-electron chi connectivity index (χ2n) is 8.31. The first-order valence-electron chi connectivity index (χ1n) is 11.6. The van der Waals surface area contributed by atoms with Crippen molar-refractivity contribution in [3.05, 3.63) is 109 Å². The van der Waals surface area contributed by atoms with Crippen LogP contribution in [-0.2, 0) is 0 Å². The van der Waals surface area contributed by atoms with Gasteiger partial charge in [-0.25, -0.2) is 14.2 Å². The molecule has 0 aliphatic rings. The highest BCUT2D eigenvalue weighted by Gasteiger charge is 2.19. The highest BCUT2D eigenvalue weighted by atomic mass is 79.9. The number of imidazole rings is 1. The minimum absolute atomic E-state index is 0.130. The summed E-state index contributed by atoms with van der Waals surface area (Å²) in [5.74, 6) is 0.200. The predicted molar refractivity (Wildman–Crippen MR) is 150 cm³/mol. The van der Waals surface area contributed by atoms with Crippen LogP contribution in [0.25, 0.3) is 32.8 Å². The highest BCUT2D eigenvalue weighted by molar-refractivity contribution is 9.10. The zero-order chi connectivity index (χ0) is 25.5. The molecule has 6 aromatic rings. The number of para-hydroxylation sites is 2. The smallest absolute Gasteiger partial charge is 0.344 e. The van der Waals surface area contributed by atoms with E-state index in [-0.39, 0.29) is 11.3 Å². The van der Waals surface area contributed by atoms with Crippen LogP contribution in [0, 0.1) is 0 Å². The third-order valence-corrected chi connectivity index (χ3v) is 7.54. The largest absolute Gasteiger partial charge is 0.490 e. The molecule has 0 N–H and O–H groups in total. The molecule has 0 spiro atoms. The number of benzene rings is 4. The van der Waals surface area contributed by atoms with Crippen LogP contribution in [0.3, 0.4) is 0 Å². The molecule has 2 heterocycles. The van der Waals surface area contributed by atoms with Crippen LogP contribution in [0.15, 0.2) is 88.1 Å². The number of hydrogen-bond acceptors (Lipinski definition) is 6. The fourth-order valence-corrected chi connectivity index (χ4v) is 5.88. The van der Waals surface area contributed by atoms with Crippen molar-refractivity contribution in [3.8, 4) is 11.5 Å². The zero-order valence-electron chi connectivity index (χ0n) is 19.6. The number of fused-ring (bicyclic) bond motifs is 4. The van der Waals surface area contributed by atoms with Gasteiger partial charge in [0, 0.05) is 0 Å². The van der Waals surface area contributed by atoms with Crippen molar-refractivity contribution in [2.24, 2.45) is 0 Å². The normalized spacial score (nSPS) is 12.0. The van der Waals surface area contributed by atoms with Gasteiger partial charge >= 0.3 is 5.97 Å². The maximum atomic E-state index is 13.2. The summed E-state index contributed by atoms with van der Waals surface area (Å²) in [5, 5.41) is 1.77. The summed E-state index contributed by atoms with van der Waals surface area (Å²) >= 11 is 4.87. The molecule has 6 nitrogen and oxygen atoms in total. The topological polar surface area (TPSA) is 69.9 Å². The lowest BCUT2D eigenvalue weighted by Crippen LogP contribution is -2.22. The summed E-state index contributed by atoms with van der Waals surface area (Å²) in [6, 6.07) is 24.3. The Morgan fingerprint density at radius 3 is 2.70 bits per heavy atom. The molecule has 2 aromatic heterocycles. The number of ether oxygens (including phenoxy) is 2. The third-order valence-electron chi connectivity index (χ3n) is 5.98. The van der Waals surface area contributed by atoms with Gasteiger partial charge in [-0.1, -0.05) is 59.9 Å². The van der Waals surface area contributed by atoms with Crippen LogP contribution in [0.1, 0.15) is 22.8 Å². The molecular weight excluding hydrogens is 552 g/mol. The Bertz CT molecular complexity index is 1940. The number of thiazole rings is 1. The lowest BCUT2D eigenvalue weighted by atomic mass is 10.0. The van der Waals surface area contributed by atoms with E-state index in [1.54, 1.807) is 28.7 Å². The van der Waals surface area contributed by atoms with Crippen LogP contribution in [0.5, 0.6) is 11.5 Å². The number of aromatic nitrogens is 2. The first kappa shape index (κ1) is 23.4. The third kappa shape index (κ3) is 4.18. The molecule has 0 amide bonds. The molecule has 37 heavy (non-hydrogen) atoms. The van der Waals surface area contributed by atoms with Crippen molar-refractivity contribution in [1.82, 2.24) is 9.38 Å². The Kier molecular flexibility index (Phi) is 5.98. The van der Waals surface area contributed by atoms with Gasteiger partial charge in [0.1, 0.15) is 0 Å². The fraction of sp³-hybridized carbons (Fsp3) is 0.0690. The summed E-state index contributed by atoms with van der Waals surface area (Å²) in [4.78, 5) is 31.6. The minimum atomic E-state index is -0.483. The van der Waals surface area contributed by atoms with Crippen LogP contribution in [-0.4, -0.2) is 22.0 Å². The number of carbonyl (C=O) groups excluding carboxylic acids is 1. The molecule has 4 aromatic carbocycles. The molecule has 0 unspecified atom stereocenters. The van der Waals surface area contributed by atoms with Gasteiger partial charge in [-0.05, 0) is 75.6 Å². The van der Waals surface area contributed by atoms with Crippen LogP contribution >= 0.6 is 27.3 Å². The van der Waals surface area contributed by atoms with Gasteiger partial charge in [0.15, 0.2) is 16.5 Å². The average molecular weight is 571 g/mol. The Balaban J connectivity index is 1.40. The number of hydrogen-bond donors (Lipinski definition) is 0. The average Bonchev–Trinajstić information content (AvgIpc) is 3.41. The molecule has 8 heteroatoms. The summed E-state index contributed by atoms with van der Waals surface area (Å²) in [7, 11) is 0. The van der Waals surface area contributed by atoms with Gasteiger partial charge in [-0.3, -0.25) is 4.79 Å². The quantitative estimate of drug-likeness (QED) is 0.188. The summed E-state index contributed by atoms with van der Waals surface area (Å²) in [5.41, 5.74) is 2.63. The monoisotopic (exact) mass is 570 g/mol. The van der Waals surface area contributed by atoms with Crippen molar-refractivity contribution in [2.45, 2.75) is 6.92 Å². The number of rotatable bonds is 5. The molecule has 0 bridgehead atoms. The molecule has 0 aliphatic heterocycles. The minimum Gasteiger partial charge on any atom is -0.490 e. The molecular formula is C29H19BrN2O4S. The lowest BCUT2D eigenvalue weighted by Gasteiger charge is -2.14. The van der Waals surface area contributed by atoms with Gasteiger partial charge in [0.05, 0.1) is 32.2 Å². The van der Waals surface area contributed by atoms with Crippen molar-refractivity contribution in [2.75, 3.05) is 6.61 Å². The van der Waals surface area contributed by atoms with E-state index in [1.807, 2.05) is 67.6 Å². The fourth-order valence-electron chi connectivity index (χ4n) is 4.35. The number of nitrogens with zero attached hydrogens (tertiary/aromatic N) is 2. The molecule has 0 fully saturated rings. The molecule has 182 valence electrons. The van der Waals surface area contributed by atoms with Crippen LogP contribution in [0.4, 0.5) is 0 Å². The van der Waals surface area contributed by atoms with E-state index in [4.69, 9.17) is 9.47 Å². The van der Waals surface area contributed by atoms with E-state index in [0.29, 0.717) is 31.9 Å². The maximum absolute atomic E-state index is 13.2. The molecule has 6 rings (SSSR count). The standard InChI is InChI=1S/C29H19BrN2O4S/c1-2-35-24-15-17(16-25-27(33)32-23-13-6-5-12-22(23)31-29(32)37-25)14-21(30)26(24)36-28(34)20-11-7-9-18-8-3-4-10-19(18)20/h3-16H,2H2,1H3/b25-16-. The van der Waals surface area contributed by atoms with E-state index < -0.39 is 5.97 Å². The van der Waals surface area contributed by atoms with E-state index in [1.165, 1.54) is 11.3 Å². The van der Waals surface area contributed by atoms with E-state index in [2.05, 4.69) is 20.9 Å². The van der Waals surface area contributed by atoms with Crippen molar-refractivity contribution < 1.29 is 14.3 Å². The Labute approximate surface area is 223 Å². The summed E-state index contributed by atoms with van der Waals surface area (Å²) in [6.45, 7) is 2.23.